The van der Waals surface area contributed by atoms with E-state index in [9.17, 15) is 14.0 Å². The fourth-order valence-corrected chi connectivity index (χ4v) is 4.13. The van der Waals surface area contributed by atoms with Crippen LogP contribution in [-0.2, 0) is 4.79 Å². The predicted molar refractivity (Wildman–Crippen MR) is 92.7 cm³/mol. The largest absolute Gasteiger partial charge is 0.360 e. The Hall–Kier alpha value is -2.37. The van der Waals surface area contributed by atoms with Gasteiger partial charge in [0.1, 0.15) is 5.82 Å². The molecule has 2 aromatic rings. The van der Waals surface area contributed by atoms with Crippen molar-refractivity contribution in [2.24, 2.45) is 0 Å². The molecular weight excluding hydrogens is 321 g/mol. The minimum absolute atomic E-state index is 0.134. The van der Waals surface area contributed by atoms with Crippen LogP contribution in [0.3, 0.4) is 0 Å². The predicted octanol–water partition coefficient (Wildman–Crippen LogP) is 2.92. The molecule has 1 aromatic carbocycles. The van der Waals surface area contributed by atoms with Crippen LogP contribution in [0.1, 0.15) is 42.5 Å². The number of likely N-dealkylation sites (tertiary alicyclic amines) is 2. The van der Waals surface area contributed by atoms with Gasteiger partial charge in [-0.15, -0.1) is 0 Å². The molecule has 2 aliphatic rings. The Bertz CT molecular complexity index is 816. The van der Waals surface area contributed by atoms with Gasteiger partial charge in [-0.2, -0.15) is 0 Å². The van der Waals surface area contributed by atoms with Gasteiger partial charge in [-0.1, -0.05) is 6.07 Å². The molecule has 5 nitrogen and oxygen atoms in total. The Morgan fingerprint density at radius 3 is 2.84 bits per heavy atom. The van der Waals surface area contributed by atoms with Gasteiger partial charge < -0.3 is 14.8 Å². The van der Waals surface area contributed by atoms with Gasteiger partial charge in [0.15, 0.2) is 0 Å². The van der Waals surface area contributed by atoms with Crippen molar-refractivity contribution in [3.8, 4) is 0 Å². The third-order valence-corrected chi connectivity index (χ3v) is 5.42. The first-order valence-corrected chi connectivity index (χ1v) is 8.99. The summed E-state index contributed by atoms with van der Waals surface area (Å²) in [4.78, 5) is 31.7. The zero-order valence-corrected chi connectivity index (χ0v) is 14.1. The lowest BCUT2D eigenvalue weighted by atomic mass is 10.1. The molecule has 0 saturated carbocycles. The first-order chi connectivity index (χ1) is 12.1. The summed E-state index contributed by atoms with van der Waals surface area (Å²) in [5.74, 6) is -0.273. The van der Waals surface area contributed by atoms with Crippen LogP contribution in [0.4, 0.5) is 4.39 Å². The van der Waals surface area contributed by atoms with Crippen LogP contribution in [0.25, 0.3) is 10.9 Å². The molecule has 0 radical (unpaired) electrons. The third kappa shape index (κ3) is 2.90. The maximum Gasteiger partial charge on any atom is 0.256 e. The molecule has 1 unspecified atom stereocenters. The number of amides is 2. The Kier molecular flexibility index (Phi) is 4.19. The lowest BCUT2D eigenvalue weighted by Crippen LogP contribution is -2.37. The van der Waals surface area contributed by atoms with Crippen LogP contribution in [0.2, 0.25) is 0 Å². The number of aromatic nitrogens is 1. The molecule has 1 atom stereocenters. The maximum absolute atomic E-state index is 14.2. The number of H-pyrrole nitrogens is 1. The Morgan fingerprint density at radius 2 is 2.04 bits per heavy atom. The Morgan fingerprint density at radius 1 is 1.16 bits per heavy atom. The topological polar surface area (TPSA) is 56.4 Å². The van der Waals surface area contributed by atoms with Crippen LogP contribution in [0.5, 0.6) is 0 Å². The summed E-state index contributed by atoms with van der Waals surface area (Å²) >= 11 is 0. The Labute approximate surface area is 145 Å². The summed E-state index contributed by atoms with van der Waals surface area (Å²) in [7, 11) is 0. The smallest absolute Gasteiger partial charge is 0.256 e. The van der Waals surface area contributed by atoms with E-state index in [1.165, 1.54) is 6.07 Å². The first kappa shape index (κ1) is 16.1. The van der Waals surface area contributed by atoms with E-state index < -0.39 is 0 Å². The summed E-state index contributed by atoms with van der Waals surface area (Å²) in [5, 5.41) is 0.364. The van der Waals surface area contributed by atoms with E-state index >= 15 is 0 Å². The summed E-state index contributed by atoms with van der Waals surface area (Å²) in [5.41, 5.74) is 1.03. The van der Waals surface area contributed by atoms with Gasteiger partial charge in [-0.3, -0.25) is 9.59 Å². The molecule has 2 aliphatic heterocycles. The molecule has 3 heterocycles. The number of nitrogens with one attached hydrogen (secondary N) is 1. The molecule has 0 aliphatic carbocycles. The third-order valence-electron chi connectivity index (χ3n) is 5.42. The molecule has 0 bridgehead atoms. The van der Waals surface area contributed by atoms with Crippen molar-refractivity contribution in [3.63, 3.8) is 0 Å². The summed E-state index contributed by atoms with van der Waals surface area (Å²) < 4.78 is 14.2. The van der Waals surface area contributed by atoms with E-state index in [2.05, 4.69) is 4.98 Å². The van der Waals surface area contributed by atoms with Gasteiger partial charge in [0.2, 0.25) is 5.91 Å². The molecular formula is C19H22FN3O2. The van der Waals surface area contributed by atoms with Crippen molar-refractivity contribution in [1.82, 2.24) is 14.8 Å². The normalized spacial score (nSPS) is 21.8. The molecule has 6 heteroatoms. The van der Waals surface area contributed by atoms with Crippen LogP contribution >= 0.6 is 0 Å². The quantitative estimate of drug-likeness (QED) is 0.911. The monoisotopic (exact) mass is 343 g/mol. The molecule has 0 spiro atoms. The number of rotatable bonds is 2. The number of hydrogen-bond donors (Lipinski definition) is 1. The summed E-state index contributed by atoms with van der Waals surface area (Å²) in [6, 6.07) is 5.01. The van der Waals surface area contributed by atoms with E-state index in [1.807, 2.05) is 4.90 Å². The SMILES string of the molecule is O=C(c1c[nH]c2cccc(F)c12)N1CCCC(N2CCCC2=O)CC1. The first-order valence-electron chi connectivity index (χ1n) is 8.99. The van der Waals surface area contributed by atoms with Crippen LogP contribution < -0.4 is 0 Å². The minimum Gasteiger partial charge on any atom is -0.360 e. The van der Waals surface area contributed by atoms with Crippen molar-refractivity contribution in [2.45, 2.75) is 38.1 Å². The van der Waals surface area contributed by atoms with E-state index in [1.54, 1.807) is 23.2 Å². The second-order valence-electron chi connectivity index (χ2n) is 6.93. The average Bonchev–Trinajstić information content (AvgIpc) is 3.15. The van der Waals surface area contributed by atoms with E-state index in [0.29, 0.717) is 36.0 Å². The van der Waals surface area contributed by atoms with Gasteiger partial charge in [0.05, 0.1) is 5.56 Å². The van der Waals surface area contributed by atoms with E-state index in [0.717, 1.165) is 32.2 Å². The Balaban J connectivity index is 1.52. The summed E-state index contributed by atoms with van der Waals surface area (Å²) in [6.45, 7) is 2.10. The number of carbonyl (C=O) groups is 2. The van der Waals surface area contributed by atoms with Crippen LogP contribution in [-0.4, -0.2) is 52.3 Å². The molecule has 132 valence electrons. The highest BCUT2D eigenvalue weighted by molar-refractivity contribution is 6.06. The molecule has 2 fully saturated rings. The zero-order chi connectivity index (χ0) is 17.4. The zero-order valence-electron chi connectivity index (χ0n) is 14.1. The number of nitrogens with zero attached hydrogens (tertiary/aromatic N) is 2. The molecule has 4 rings (SSSR count). The van der Waals surface area contributed by atoms with Crippen molar-refractivity contribution in [1.29, 1.82) is 0 Å². The molecule has 2 amide bonds. The number of benzene rings is 1. The van der Waals surface area contributed by atoms with Crippen molar-refractivity contribution >= 4 is 22.7 Å². The molecule has 25 heavy (non-hydrogen) atoms. The van der Waals surface area contributed by atoms with E-state index in [-0.39, 0.29) is 23.7 Å². The lowest BCUT2D eigenvalue weighted by Gasteiger charge is -2.26. The molecule has 2 saturated heterocycles. The molecule has 1 N–H and O–H groups in total. The van der Waals surface area contributed by atoms with Gasteiger partial charge in [0.25, 0.3) is 5.91 Å². The second-order valence-corrected chi connectivity index (χ2v) is 6.93. The number of fused-ring (bicyclic) bond motifs is 1. The number of hydrogen-bond acceptors (Lipinski definition) is 2. The highest BCUT2D eigenvalue weighted by atomic mass is 19.1. The highest BCUT2D eigenvalue weighted by Gasteiger charge is 2.31. The minimum atomic E-state index is -0.377. The van der Waals surface area contributed by atoms with Gasteiger partial charge in [-0.25, -0.2) is 4.39 Å². The highest BCUT2D eigenvalue weighted by Crippen LogP contribution is 2.26. The average molecular weight is 343 g/mol. The van der Waals surface area contributed by atoms with Gasteiger partial charge in [-0.05, 0) is 37.8 Å². The fourth-order valence-electron chi connectivity index (χ4n) is 4.13. The number of carbonyl (C=O) groups excluding carboxylic acids is 2. The van der Waals surface area contributed by atoms with Crippen molar-refractivity contribution in [2.75, 3.05) is 19.6 Å². The van der Waals surface area contributed by atoms with Gasteiger partial charge >= 0.3 is 0 Å². The summed E-state index contributed by atoms with van der Waals surface area (Å²) in [6.07, 6.45) is 5.77. The lowest BCUT2D eigenvalue weighted by molar-refractivity contribution is -0.129. The second kappa shape index (κ2) is 6.50. The van der Waals surface area contributed by atoms with Crippen molar-refractivity contribution in [3.05, 3.63) is 35.8 Å². The number of halogens is 1. The maximum atomic E-state index is 14.2. The van der Waals surface area contributed by atoms with Crippen LogP contribution in [0.15, 0.2) is 24.4 Å². The van der Waals surface area contributed by atoms with Crippen molar-refractivity contribution < 1.29 is 14.0 Å². The van der Waals surface area contributed by atoms with Gasteiger partial charge in [0, 0.05) is 49.2 Å². The van der Waals surface area contributed by atoms with E-state index in [4.69, 9.17) is 0 Å². The fraction of sp³-hybridized carbons (Fsp3) is 0.474. The molecule has 1 aromatic heterocycles. The standard InChI is InChI=1S/C19H22FN3O2/c20-15-5-1-6-16-18(15)14(12-21-16)19(25)22-9-2-4-13(8-11-22)23-10-3-7-17(23)24/h1,5-6,12-13,21H,2-4,7-11H2. The van der Waals surface area contributed by atoms with Crippen LogP contribution in [0, 0.1) is 5.82 Å². The number of aromatic amines is 1.